The fourth-order valence-electron chi connectivity index (χ4n) is 3.26. The molecule has 20 heavy (non-hydrogen) atoms. The van der Waals surface area contributed by atoms with E-state index in [0.717, 1.165) is 49.3 Å². The Morgan fingerprint density at radius 2 is 2.20 bits per heavy atom. The Labute approximate surface area is 118 Å². The summed E-state index contributed by atoms with van der Waals surface area (Å²) >= 11 is 0. The molecule has 3 heterocycles. The second kappa shape index (κ2) is 5.09. The minimum atomic E-state index is 0.339. The van der Waals surface area contributed by atoms with Crippen molar-refractivity contribution in [3.8, 4) is 0 Å². The summed E-state index contributed by atoms with van der Waals surface area (Å²) in [7, 11) is 1.96. The van der Waals surface area contributed by atoms with E-state index in [1.54, 1.807) is 0 Å². The Bertz CT molecular complexity index is 615. The van der Waals surface area contributed by atoms with Crippen LogP contribution in [0.4, 0.5) is 5.95 Å². The first-order valence-corrected chi connectivity index (χ1v) is 7.44. The summed E-state index contributed by atoms with van der Waals surface area (Å²) in [6, 6.07) is 0. The highest BCUT2D eigenvalue weighted by molar-refractivity contribution is 5.77. The van der Waals surface area contributed by atoms with Crippen LogP contribution < -0.4 is 5.73 Å². The van der Waals surface area contributed by atoms with Gasteiger partial charge in [-0.1, -0.05) is 13.8 Å². The maximum atomic E-state index is 6.13. The molecular weight excluding hydrogens is 254 g/mol. The topological polar surface area (TPSA) is 70.9 Å². The predicted octanol–water partition coefficient (Wildman–Crippen LogP) is 1.73. The normalized spacial score (nSPS) is 22.9. The molecule has 1 aliphatic rings. The lowest BCUT2D eigenvalue weighted by Gasteiger charge is -2.18. The van der Waals surface area contributed by atoms with Gasteiger partial charge in [-0.2, -0.15) is 5.10 Å². The second-order valence-corrected chi connectivity index (χ2v) is 5.54. The Kier molecular flexibility index (Phi) is 3.41. The van der Waals surface area contributed by atoms with Crippen molar-refractivity contribution in [2.45, 2.75) is 45.8 Å². The van der Waals surface area contributed by atoms with E-state index >= 15 is 0 Å². The van der Waals surface area contributed by atoms with Gasteiger partial charge in [-0.05, 0) is 19.3 Å². The van der Waals surface area contributed by atoms with Crippen LogP contribution in [0.15, 0.2) is 0 Å². The van der Waals surface area contributed by atoms with E-state index in [1.165, 1.54) is 0 Å². The minimum absolute atomic E-state index is 0.339. The summed E-state index contributed by atoms with van der Waals surface area (Å²) in [6.07, 6.45) is 3.35. The first-order chi connectivity index (χ1) is 9.65. The molecule has 0 aliphatic carbocycles. The number of nitrogens with zero attached hydrogens (tertiary/aromatic N) is 4. The highest BCUT2D eigenvalue weighted by Gasteiger charge is 2.29. The third-order valence-corrected chi connectivity index (χ3v) is 4.32. The van der Waals surface area contributed by atoms with Gasteiger partial charge in [-0.3, -0.25) is 9.25 Å². The molecule has 0 aromatic carbocycles. The van der Waals surface area contributed by atoms with Crippen molar-refractivity contribution >= 4 is 17.1 Å². The fourth-order valence-corrected chi connectivity index (χ4v) is 3.26. The zero-order valence-corrected chi connectivity index (χ0v) is 12.5. The first-order valence-electron chi connectivity index (χ1n) is 7.44. The lowest BCUT2D eigenvalue weighted by atomic mass is 9.99. The van der Waals surface area contributed by atoms with E-state index in [0.29, 0.717) is 18.0 Å². The summed E-state index contributed by atoms with van der Waals surface area (Å²) in [5.74, 6) is 1.10. The van der Waals surface area contributed by atoms with Gasteiger partial charge in [-0.25, -0.2) is 4.98 Å². The van der Waals surface area contributed by atoms with E-state index in [2.05, 4.69) is 28.5 Å². The second-order valence-electron chi connectivity index (χ2n) is 5.54. The molecule has 1 aliphatic heterocycles. The standard InChI is InChI=1S/C14H23N5O/c1-4-10-12-13(18(3)17-10)19(14(15)16-12)8-9-6-7-20-11(9)5-2/h9,11H,4-8H2,1-3H3,(H2,15,16). The van der Waals surface area contributed by atoms with Gasteiger partial charge in [0.2, 0.25) is 5.95 Å². The smallest absolute Gasteiger partial charge is 0.202 e. The van der Waals surface area contributed by atoms with Crippen LogP contribution in [0.1, 0.15) is 32.4 Å². The van der Waals surface area contributed by atoms with Crippen LogP contribution in [-0.4, -0.2) is 32.0 Å². The number of imidazole rings is 1. The van der Waals surface area contributed by atoms with E-state index in [1.807, 2.05) is 11.7 Å². The molecule has 2 atom stereocenters. The van der Waals surface area contributed by atoms with Crippen molar-refractivity contribution in [1.82, 2.24) is 19.3 Å². The number of hydrogen-bond donors (Lipinski definition) is 1. The Balaban J connectivity index is 1.98. The van der Waals surface area contributed by atoms with Crippen molar-refractivity contribution in [1.29, 1.82) is 0 Å². The molecule has 0 radical (unpaired) electrons. The molecule has 2 aromatic rings. The summed E-state index contributed by atoms with van der Waals surface area (Å²) in [6.45, 7) is 5.99. The van der Waals surface area contributed by atoms with Crippen molar-refractivity contribution in [3.05, 3.63) is 5.69 Å². The molecule has 2 aromatic heterocycles. The largest absolute Gasteiger partial charge is 0.378 e. The van der Waals surface area contributed by atoms with Crippen LogP contribution >= 0.6 is 0 Å². The van der Waals surface area contributed by atoms with E-state index in [-0.39, 0.29) is 0 Å². The van der Waals surface area contributed by atoms with Gasteiger partial charge in [0.1, 0.15) is 5.52 Å². The Morgan fingerprint density at radius 1 is 1.40 bits per heavy atom. The SMILES string of the molecule is CCc1nn(C)c2c1nc(N)n2CC1CCOC1CC. The number of nitrogens with two attached hydrogens (primary N) is 1. The summed E-state index contributed by atoms with van der Waals surface area (Å²) in [5, 5.41) is 4.53. The van der Waals surface area contributed by atoms with Crippen LogP contribution in [0.25, 0.3) is 11.2 Å². The van der Waals surface area contributed by atoms with Crippen LogP contribution in [-0.2, 0) is 24.8 Å². The van der Waals surface area contributed by atoms with E-state index in [4.69, 9.17) is 10.5 Å². The first kappa shape index (κ1) is 13.4. The monoisotopic (exact) mass is 277 g/mol. The maximum absolute atomic E-state index is 6.13. The van der Waals surface area contributed by atoms with Gasteiger partial charge in [0.05, 0.1) is 11.8 Å². The quantitative estimate of drug-likeness (QED) is 0.924. The molecule has 6 heteroatoms. The van der Waals surface area contributed by atoms with Crippen molar-refractivity contribution in [2.24, 2.45) is 13.0 Å². The average molecular weight is 277 g/mol. The van der Waals surface area contributed by atoms with E-state index in [9.17, 15) is 0 Å². The molecule has 0 amide bonds. The number of aromatic nitrogens is 4. The lowest BCUT2D eigenvalue weighted by Crippen LogP contribution is -2.21. The van der Waals surface area contributed by atoms with Gasteiger partial charge in [0.15, 0.2) is 5.65 Å². The van der Waals surface area contributed by atoms with Crippen LogP contribution in [0.5, 0.6) is 0 Å². The van der Waals surface area contributed by atoms with Gasteiger partial charge in [0, 0.05) is 26.1 Å². The third-order valence-electron chi connectivity index (χ3n) is 4.32. The number of nitrogen functional groups attached to an aromatic ring is 1. The maximum Gasteiger partial charge on any atom is 0.202 e. The van der Waals surface area contributed by atoms with E-state index < -0.39 is 0 Å². The van der Waals surface area contributed by atoms with Crippen LogP contribution in [0.2, 0.25) is 0 Å². The summed E-state index contributed by atoms with van der Waals surface area (Å²) in [4.78, 5) is 4.51. The van der Waals surface area contributed by atoms with Crippen molar-refractivity contribution < 1.29 is 4.74 Å². The number of rotatable bonds is 4. The molecule has 110 valence electrons. The Hall–Kier alpha value is -1.56. The molecule has 0 bridgehead atoms. The molecule has 1 fully saturated rings. The van der Waals surface area contributed by atoms with Crippen molar-refractivity contribution in [2.75, 3.05) is 12.3 Å². The highest BCUT2D eigenvalue weighted by Crippen LogP contribution is 2.29. The molecule has 3 rings (SSSR count). The number of hydrogen-bond acceptors (Lipinski definition) is 4. The molecule has 0 spiro atoms. The van der Waals surface area contributed by atoms with Gasteiger partial charge >= 0.3 is 0 Å². The highest BCUT2D eigenvalue weighted by atomic mass is 16.5. The lowest BCUT2D eigenvalue weighted by molar-refractivity contribution is 0.0838. The molecule has 2 N–H and O–H groups in total. The zero-order chi connectivity index (χ0) is 14.3. The number of aryl methyl sites for hydroxylation is 2. The van der Waals surface area contributed by atoms with Gasteiger partial charge < -0.3 is 10.5 Å². The molecule has 2 unspecified atom stereocenters. The van der Waals surface area contributed by atoms with Gasteiger partial charge in [0.25, 0.3) is 0 Å². The average Bonchev–Trinajstić information content (AvgIpc) is 3.08. The number of ether oxygens (including phenoxy) is 1. The third kappa shape index (κ3) is 1.98. The molecule has 0 saturated carbocycles. The van der Waals surface area contributed by atoms with Gasteiger partial charge in [-0.15, -0.1) is 0 Å². The zero-order valence-electron chi connectivity index (χ0n) is 12.5. The summed E-state index contributed by atoms with van der Waals surface area (Å²) in [5.41, 5.74) is 9.11. The minimum Gasteiger partial charge on any atom is -0.378 e. The summed E-state index contributed by atoms with van der Waals surface area (Å²) < 4.78 is 9.77. The molecular formula is C14H23N5O. The van der Waals surface area contributed by atoms with Crippen molar-refractivity contribution in [3.63, 3.8) is 0 Å². The number of anilines is 1. The predicted molar refractivity (Wildman–Crippen MR) is 78.4 cm³/mol. The molecule has 1 saturated heterocycles. The van der Waals surface area contributed by atoms with Crippen LogP contribution in [0, 0.1) is 5.92 Å². The Morgan fingerprint density at radius 3 is 2.90 bits per heavy atom. The number of fused-ring (bicyclic) bond motifs is 1. The fraction of sp³-hybridized carbons (Fsp3) is 0.714. The van der Waals surface area contributed by atoms with Crippen LogP contribution in [0.3, 0.4) is 0 Å². The molecule has 6 nitrogen and oxygen atoms in total.